The average Bonchev–Trinajstić information content (AvgIpc) is 2.96. The second kappa shape index (κ2) is 14.4. The molecule has 4 rings (SSSR count). The second-order valence-electron chi connectivity index (χ2n) is 11.4. The van der Waals surface area contributed by atoms with Gasteiger partial charge in [0.15, 0.2) is 0 Å². The lowest BCUT2D eigenvalue weighted by Crippen LogP contribution is -2.52. The van der Waals surface area contributed by atoms with Crippen molar-refractivity contribution in [2.45, 2.75) is 70.4 Å². The van der Waals surface area contributed by atoms with Crippen LogP contribution in [0.4, 0.5) is 13.2 Å². The Hall–Kier alpha value is -3.11. The van der Waals surface area contributed by atoms with Gasteiger partial charge in [-0.2, -0.15) is 0 Å². The van der Waals surface area contributed by atoms with E-state index in [-0.39, 0.29) is 48.6 Å². The number of hydrogen-bond acceptors (Lipinski definition) is 5. The molecule has 1 atom stereocenters. The summed E-state index contributed by atoms with van der Waals surface area (Å²) >= 11 is 0. The van der Waals surface area contributed by atoms with E-state index in [1.165, 1.54) is 23.1 Å². The van der Waals surface area contributed by atoms with E-state index in [4.69, 9.17) is 9.47 Å². The maximum Gasteiger partial charge on any atom is 0.253 e. The fourth-order valence-electron chi connectivity index (χ4n) is 5.74. The van der Waals surface area contributed by atoms with Crippen LogP contribution in [0.25, 0.3) is 11.1 Å². The Morgan fingerprint density at radius 3 is 2.52 bits per heavy atom. The molecule has 1 N–H and O–H groups in total. The van der Waals surface area contributed by atoms with Gasteiger partial charge in [-0.3, -0.25) is 9.59 Å². The zero-order valence-corrected chi connectivity index (χ0v) is 24.8. The van der Waals surface area contributed by atoms with Crippen LogP contribution in [0.1, 0.15) is 61.9 Å². The summed E-state index contributed by atoms with van der Waals surface area (Å²) < 4.78 is 53.7. The van der Waals surface area contributed by atoms with Gasteiger partial charge in [-0.05, 0) is 63.1 Å². The lowest BCUT2D eigenvalue weighted by molar-refractivity contribution is -0.135. The minimum atomic E-state index is -2.78. The Kier molecular flexibility index (Phi) is 10.9. The van der Waals surface area contributed by atoms with Crippen molar-refractivity contribution in [3.8, 4) is 16.9 Å². The van der Waals surface area contributed by atoms with Crippen molar-refractivity contribution >= 4 is 11.8 Å². The molecule has 0 saturated carbocycles. The van der Waals surface area contributed by atoms with E-state index in [1.54, 1.807) is 25.3 Å². The van der Waals surface area contributed by atoms with Crippen LogP contribution in [0.15, 0.2) is 36.4 Å². The molecular formula is C32H42F3N3O4. The number of alkyl halides is 2. The normalized spacial score (nSPS) is 18.6. The predicted molar refractivity (Wildman–Crippen MR) is 155 cm³/mol. The van der Waals surface area contributed by atoms with Gasteiger partial charge in [0.1, 0.15) is 11.6 Å². The summed E-state index contributed by atoms with van der Waals surface area (Å²) in [6, 6.07) is 9.48. The fourth-order valence-corrected chi connectivity index (χ4v) is 5.74. The molecule has 230 valence electrons. The Labute approximate surface area is 246 Å². The molecule has 2 saturated heterocycles. The second-order valence-corrected chi connectivity index (χ2v) is 11.4. The number of methoxy groups -OCH3 is 1. The first-order valence-electron chi connectivity index (χ1n) is 14.8. The highest BCUT2D eigenvalue weighted by molar-refractivity contribution is 5.96. The maximum absolute atomic E-state index is 15.2. The first-order chi connectivity index (χ1) is 20.1. The van der Waals surface area contributed by atoms with Crippen LogP contribution >= 0.6 is 0 Å². The van der Waals surface area contributed by atoms with Gasteiger partial charge in [-0.25, -0.2) is 13.2 Å². The predicted octanol–water partition coefficient (Wildman–Crippen LogP) is 5.31. The fraction of sp³-hybridized carbons (Fsp3) is 0.562. The van der Waals surface area contributed by atoms with Gasteiger partial charge >= 0.3 is 0 Å². The molecule has 0 bridgehead atoms. The van der Waals surface area contributed by atoms with Crippen molar-refractivity contribution in [3.63, 3.8) is 0 Å². The van der Waals surface area contributed by atoms with Gasteiger partial charge in [0, 0.05) is 81.4 Å². The van der Waals surface area contributed by atoms with E-state index in [2.05, 4.69) is 5.32 Å². The highest BCUT2D eigenvalue weighted by Gasteiger charge is 2.36. The summed E-state index contributed by atoms with van der Waals surface area (Å²) in [5.41, 5.74) is 1.56. The summed E-state index contributed by atoms with van der Waals surface area (Å²) in [7, 11) is 1.60. The summed E-state index contributed by atoms with van der Waals surface area (Å²) in [6.07, 6.45) is 1.97. The summed E-state index contributed by atoms with van der Waals surface area (Å²) in [6.45, 7) is 6.45. The number of hydrogen-bond donors (Lipinski definition) is 1. The largest absolute Gasteiger partial charge is 0.493 e. The number of carbonyl (C=O) groups excluding carboxylic acids is 2. The van der Waals surface area contributed by atoms with Gasteiger partial charge < -0.3 is 24.6 Å². The first kappa shape index (κ1) is 31.8. The van der Waals surface area contributed by atoms with Crippen molar-refractivity contribution in [1.82, 2.24) is 15.1 Å². The third kappa shape index (κ3) is 8.04. The summed E-state index contributed by atoms with van der Waals surface area (Å²) in [5, 5.41) is 3.38. The van der Waals surface area contributed by atoms with Gasteiger partial charge in [0.2, 0.25) is 5.91 Å². The number of amides is 2. The van der Waals surface area contributed by atoms with Crippen LogP contribution in [-0.2, 0) is 16.0 Å². The molecule has 0 radical (unpaired) electrons. The lowest BCUT2D eigenvalue weighted by atomic mass is 9.97. The molecule has 2 heterocycles. The third-order valence-electron chi connectivity index (χ3n) is 7.95. The zero-order chi connectivity index (χ0) is 30.3. The molecule has 2 aliphatic heterocycles. The Morgan fingerprint density at radius 2 is 1.86 bits per heavy atom. The van der Waals surface area contributed by atoms with E-state index in [9.17, 15) is 18.4 Å². The van der Waals surface area contributed by atoms with Crippen molar-refractivity contribution < 1.29 is 32.2 Å². The first-order valence-corrected chi connectivity index (χ1v) is 14.8. The maximum atomic E-state index is 15.2. The van der Waals surface area contributed by atoms with Crippen LogP contribution < -0.4 is 10.1 Å². The van der Waals surface area contributed by atoms with E-state index in [0.717, 1.165) is 31.5 Å². The molecule has 7 nitrogen and oxygen atoms in total. The number of nitrogens with zero attached hydrogens (tertiary/aromatic N) is 2. The van der Waals surface area contributed by atoms with Crippen molar-refractivity contribution in [3.05, 3.63) is 53.3 Å². The van der Waals surface area contributed by atoms with E-state index >= 15 is 4.39 Å². The van der Waals surface area contributed by atoms with Gasteiger partial charge in [-0.15, -0.1) is 0 Å². The number of halogens is 3. The van der Waals surface area contributed by atoms with Gasteiger partial charge in [-0.1, -0.05) is 12.1 Å². The van der Waals surface area contributed by atoms with Crippen LogP contribution in [0, 0.1) is 5.82 Å². The number of likely N-dealkylation sites (tertiary alicyclic amines) is 1. The topological polar surface area (TPSA) is 71.1 Å². The van der Waals surface area contributed by atoms with Crippen LogP contribution in [0.3, 0.4) is 0 Å². The van der Waals surface area contributed by atoms with Crippen molar-refractivity contribution in [1.29, 1.82) is 0 Å². The highest BCUT2D eigenvalue weighted by Crippen LogP contribution is 2.35. The smallest absolute Gasteiger partial charge is 0.253 e. The number of piperidine rings is 2. The summed E-state index contributed by atoms with van der Waals surface area (Å²) in [4.78, 5) is 29.9. The number of nitrogens with one attached hydrogen (secondary N) is 1. The molecule has 10 heteroatoms. The molecular weight excluding hydrogens is 547 g/mol. The molecule has 2 aromatic rings. The molecule has 2 aromatic carbocycles. The number of ether oxygens (including phenoxy) is 2. The Morgan fingerprint density at radius 1 is 1.10 bits per heavy atom. The zero-order valence-electron chi connectivity index (χ0n) is 24.8. The van der Waals surface area contributed by atoms with E-state index in [0.29, 0.717) is 30.9 Å². The standard InChI is InChI=1S/C32H42F3N3O4/c1-22(2)38(25-6-4-13-36-21-25)30(39)19-23-7-9-26(29(18-23)42-17-5-16-41-3)27-20-24(8-10-28(27)33)31(40)37-14-11-32(34,35)12-15-37/h7-10,18,20,22,25,36H,4-6,11-17,19,21H2,1-3H3/t25-/m1/s1. The number of rotatable bonds is 11. The molecule has 2 amide bonds. The molecule has 2 aliphatic rings. The molecule has 2 fully saturated rings. The highest BCUT2D eigenvalue weighted by atomic mass is 19.3. The van der Waals surface area contributed by atoms with Crippen molar-refractivity contribution in [2.24, 2.45) is 0 Å². The van der Waals surface area contributed by atoms with Crippen LogP contribution in [-0.4, -0.2) is 86.1 Å². The third-order valence-corrected chi connectivity index (χ3v) is 7.95. The number of benzene rings is 2. The SMILES string of the molecule is COCCCOc1cc(CC(=O)N(C(C)C)[C@@H]2CCCNC2)ccc1-c1cc(C(=O)N2CCC(F)(F)CC2)ccc1F. The number of carbonyl (C=O) groups is 2. The van der Waals surface area contributed by atoms with Crippen LogP contribution in [0.5, 0.6) is 5.75 Å². The van der Waals surface area contributed by atoms with Crippen LogP contribution in [0.2, 0.25) is 0 Å². The molecule has 0 aromatic heterocycles. The van der Waals surface area contributed by atoms with E-state index in [1.807, 2.05) is 18.7 Å². The Bertz CT molecular complexity index is 1220. The van der Waals surface area contributed by atoms with Gasteiger partial charge in [0.25, 0.3) is 11.8 Å². The monoisotopic (exact) mass is 589 g/mol. The van der Waals surface area contributed by atoms with Gasteiger partial charge in [0.05, 0.1) is 13.0 Å². The molecule has 42 heavy (non-hydrogen) atoms. The quantitative estimate of drug-likeness (QED) is 0.360. The average molecular weight is 590 g/mol. The minimum Gasteiger partial charge on any atom is -0.493 e. The summed E-state index contributed by atoms with van der Waals surface area (Å²) in [5.74, 6) is -3.32. The minimum absolute atomic E-state index is 0.0164. The molecule has 0 aliphatic carbocycles. The Balaban J connectivity index is 1.60. The van der Waals surface area contributed by atoms with Crippen molar-refractivity contribution in [2.75, 3.05) is 46.5 Å². The lowest BCUT2D eigenvalue weighted by Gasteiger charge is -2.37. The molecule has 0 unspecified atom stereocenters. The molecule has 0 spiro atoms. The van der Waals surface area contributed by atoms with E-state index < -0.39 is 30.5 Å².